The maximum atomic E-state index is 10.7. The van der Waals surface area contributed by atoms with E-state index in [1.807, 2.05) is 0 Å². The molecule has 0 bridgehead atoms. The van der Waals surface area contributed by atoms with E-state index in [4.69, 9.17) is 10.3 Å². The van der Waals surface area contributed by atoms with Crippen LogP contribution in [0, 0.1) is 0 Å². The van der Waals surface area contributed by atoms with Gasteiger partial charge in [-0.05, 0) is 12.2 Å². The molecule has 5 nitrogen and oxygen atoms in total. The van der Waals surface area contributed by atoms with Crippen LogP contribution >= 0.6 is 0 Å². The Hall–Kier alpha value is -1.27. The lowest BCUT2D eigenvalue weighted by molar-refractivity contribution is 0.492. The quantitative estimate of drug-likeness (QED) is 0.441. The van der Waals surface area contributed by atoms with Crippen LogP contribution in [-0.2, 0) is 10.1 Å². The Morgan fingerprint density at radius 3 is 2.38 bits per heavy atom. The first-order chi connectivity index (χ1) is 5.88. The maximum absolute atomic E-state index is 10.7. The van der Waals surface area contributed by atoms with Gasteiger partial charge in [-0.2, -0.15) is 8.42 Å². The molecule has 0 fully saturated rings. The van der Waals surface area contributed by atoms with E-state index in [0.29, 0.717) is 0 Å². The van der Waals surface area contributed by atoms with Gasteiger partial charge in [-0.15, -0.1) is 0 Å². The van der Waals surface area contributed by atoms with Crippen LogP contribution in [0.25, 0.3) is 0 Å². The van der Waals surface area contributed by atoms with Gasteiger partial charge in [0.15, 0.2) is 0 Å². The van der Waals surface area contributed by atoms with Crippen molar-refractivity contribution in [2.24, 2.45) is 5.73 Å². The van der Waals surface area contributed by atoms with E-state index in [0.717, 1.165) is 12.3 Å². The minimum Gasteiger partial charge on any atom is -0.399 e. The molecule has 0 spiro atoms. The van der Waals surface area contributed by atoms with E-state index >= 15 is 0 Å². The van der Waals surface area contributed by atoms with Crippen LogP contribution < -0.4 is 11.1 Å². The minimum atomic E-state index is -4.21. The number of nitrogens with one attached hydrogen (secondary N) is 1. The van der Waals surface area contributed by atoms with Gasteiger partial charge in [0.2, 0.25) is 0 Å². The lowest BCUT2D eigenvalue weighted by Crippen LogP contribution is -2.05. The molecule has 0 aromatic heterocycles. The van der Waals surface area contributed by atoms with Crippen LogP contribution in [0.4, 0.5) is 0 Å². The summed E-state index contributed by atoms with van der Waals surface area (Å²) in [4.78, 5) is -0.276. The number of hydrogen-bond acceptors (Lipinski definition) is 4. The highest BCUT2D eigenvalue weighted by Crippen LogP contribution is 2.04. The second kappa shape index (κ2) is 4.68. The molecule has 0 aliphatic carbocycles. The zero-order valence-electron chi connectivity index (χ0n) is 7.19. The van der Waals surface area contributed by atoms with E-state index in [2.05, 4.69) is 11.9 Å². The molecule has 0 saturated carbocycles. The third kappa shape index (κ3) is 5.05. The maximum Gasteiger partial charge on any atom is 0.295 e. The first-order valence-corrected chi connectivity index (χ1v) is 4.79. The summed E-state index contributed by atoms with van der Waals surface area (Å²) in [5.41, 5.74) is 5.37. The Bertz CT molecular complexity index is 341. The van der Waals surface area contributed by atoms with Gasteiger partial charge in [0.05, 0.1) is 0 Å². The summed E-state index contributed by atoms with van der Waals surface area (Å²) in [7, 11) is -2.70. The summed E-state index contributed by atoms with van der Waals surface area (Å²) < 4.78 is 30.0. The molecule has 0 aliphatic heterocycles. The van der Waals surface area contributed by atoms with Gasteiger partial charge in [0.1, 0.15) is 4.91 Å². The molecule has 0 amide bonds. The molecule has 0 radical (unpaired) electrons. The molecule has 0 aromatic carbocycles. The van der Waals surface area contributed by atoms with Crippen molar-refractivity contribution in [3.05, 3.63) is 35.5 Å². The van der Waals surface area contributed by atoms with Gasteiger partial charge in [0, 0.05) is 18.9 Å². The van der Waals surface area contributed by atoms with Crippen molar-refractivity contribution in [1.29, 1.82) is 0 Å². The Balaban J connectivity index is 4.88. The zero-order chi connectivity index (χ0) is 10.5. The van der Waals surface area contributed by atoms with Crippen molar-refractivity contribution < 1.29 is 13.0 Å². The van der Waals surface area contributed by atoms with E-state index < -0.39 is 10.1 Å². The molecule has 0 unspecified atom stereocenters. The number of rotatable bonds is 4. The van der Waals surface area contributed by atoms with E-state index in [1.165, 1.54) is 13.1 Å². The average Bonchev–Trinajstić information content (AvgIpc) is 1.95. The van der Waals surface area contributed by atoms with Crippen LogP contribution in [0.5, 0.6) is 0 Å². The Morgan fingerprint density at radius 2 is 2.08 bits per heavy atom. The SMILES string of the molecule is C=C(N)/C=C\C(=C\NC)S(=O)(=O)O. The molecular formula is C7H12N2O3S. The summed E-state index contributed by atoms with van der Waals surface area (Å²) in [6.45, 7) is 3.34. The second-order valence-electron chi connectivity index (χ2n) is 2.22. The topological polar surface area (TPSA) is 92.4 Å². The summed E-state index contributed by atoms with van der Waals surface area (Å²) >= 11 is 0. The van der Waals surface area contributed by atoms with Crippen molar-refractivity contribution in [3.8, 4) is 0 Å². The first-order valence-electron chi connectivity index (χ1n) is 3.35. The van der Waals surface area contributed by atoms with Gasteiger partial charge in [0.25, 0.3) is 10.1 Å². The molecule has 13 heavy (non-hydrogen) atoms. The van der Waals surface area contributed by atoms with E-state index in [-0.39, 0.29) is 10.6 Å². The highest BCUT2D eigenvalue weighted by molar-refractivity contribution is 7.90. The van der Waals surface area contributed by atoms with Crippen molar-refractivity contribution in [3.63, 3.8) is 0 Å². The van der Waals surface area contributed by atoms with Crippen molar-refractivity contribution in [1.82, 2.24) is 5.32 Å². The van der Waals surface area contributed by atoms with Gasteiger partial charge in [-0.25, -0.2) is 0 Å². The fourth-order valence-corrected chi connectivity index (χ4v) is 1.05. The molecule has 0 atom stereocenters. The molecular weight excluding hydrogens is 192 g/mol. The fraction of sp³-hybridized carbons (Fsp3) is 0.143. The molecule has 74 valence electrons. The predicted octanol–water partition coefficient (Wildman–Crippen LogP) is -0.0364. The Labute approximate surface area is 77.4 Å². The van der Waals surface area contributed by atoms with Crippen molar-refractivity contribution in [2.75, 3.05) is 7.05 Å². The highest BCUT2D eigenvalue weighted by Gasteiger charge is 2.09. The molecule has 0 saturated heterocycles. The average molecular weight is 204 g/mol. The lowest BCUT2D eigenvalue weighted by atomic mass is 10.4. The summed E-state index contributed by atoms with van der Waals surface area (Å²) in [6.07, 6.45) is 3.56. The van der Waals surface area contributed by atoms with E-state index in [1.54, 1.807) is 0 Å². The van der Waals surface area contributed by atoms with E-state index in [9.17, 15) is 8.42 Å². The number of allylic oxidation sites excluding steroid dienone is 2. The number of hydrogen-bond donors (Lipinski definition) is 3. The molecule has 0 aromatic rings. The van der Waals surface area contributed by atoms with Crippen LogP contribution in [0.2, 0.25) is 0 Å². The zero-order valence-corrected chi connectivity index (χ0v) is 8.00. The standard InChI is InChI=1S/C7H12N2O3S/c1-6(8)3-4-7(5-9-2)13(10,11)12/h3-5,9H,1,8H2,2H3,(H,10,11,12)/b4-3-,7-5-. The van der Waals surface area contributed by atoms with Crippen LogP contribution in [-0.4, -0.2) is 20.0 Å². The summed E-state index contributed by atoms with van der Waals surface area (Å²) in [5, 5.41) is 2.48. The molecule has 0 heterocycles. The van der Waals surface area contributed by atoms with Crippen LogP contribution in [0.3, 0.4) is 0 Å². The third-order valence-electron chi connectivity index (χ3n) is 1.05. The number of nitrogens with two attached hydrogens (primary N) is 1. The monoisotopic (exact) mass is 204 g/mol. The second-order valence-corrected chi connectivity index (χ2v) is 3.64. The normalized spacial score (nSPS) is 13.2. The molecule has 0 rings (SSSR count). The van der Waals surface area contributed by atoms with Gasteiger partial charge >= 0.3 is 0 Å². The van der Waals surface area contributed by atoms with Crippen LogP contribution in [0.1, 0.15) is 0 Å². The van der Waals surface area contributed by atoms with Crippen LogP contribution in [0.15, 0.2) is 35.5 Å². The van der Waals surface area contributed by atoms with Crippen molar-refractivity contribution in [2.45, 2.75) is 0 Å². The van der Waals surface area contributed by atoms with Gasteiger partial charge in [-0.3, -0.25) is 4.55 Å². The minimum absolute atomic E-state index is 0.200. The van der Waals surface area contributed by atoms with Gasteiger partial charge in [-0.1, -0.05) is 6.58 Å². The Kier molecular flexibility index (Phi) is 4.22. The highest BCUT2D eigenvalue weighted by atomic mass is 32.2. The molecule has 4 N–H and O–H groups in total. The lowest BCUT2D eigenvalue weighted by Gasteiger charge is -1.97. The smallest absolute Gasteiger partial charge is 0.295 e. The summed E-state index contributed by atoms with van der Waals surface area (Å²) in [6, 6.07) is 0. The van der Waals surface area contributed by atoms with Crippen molar-refractivity contribution >= 4 is 10.1 Å². The summed E-state index contributed by atoms with van der Waals surface area (Å²) in [5.74, 6) is 0. The largest absolute Gasteiger partial charge is 0.399 e. The Morgan fingerprint density at radius 1 is 1.54 bits per heavy atom. The fourth-order valence-electron chi connectivity index (χ4n) is 0.540. The molecule has 6 heteroatoms. The predicted molar refractivity (Wildman–Crippen MR) is 51.2 cm³/mol. The third-order valence-corrected chi connectivity index (χ3v) is 1.90. The van der Waals surface area contributed by atoms with Gasteiger partial charge < -0.3 is 11.1 Å². The first kappa shape index (κ1) is 11.7. The molecule has 0 aliphatic rings.